The molecule has 31 heavy (non-hydrogen) atoms. The Morgan fingerprint density at radius 1 is 0.871 bits per heavy atom. The second-order valence-corrected chi connectivity index (χ2v) is 8.62. The molecule has 2 heterocycles. The van der Waals surface area contributed by atoms with Gasteiger partial charge in [-0.3, -0.25) is 10.3 Å². The zero-order valence-corrected chi connectivity index (χ0v) is 18.4. The van der Waals surface area contributed by atoms with Crippen LogP contribution in [0.2, 0.25) is 15.1 Å². The van der Waals surface area contributed by atoms with Crippen molar-refractivity contribution in [2.75, 3.05) is 6.79 Å². The molecule has 8 heteroatoms. The number of aromatic hydroxyl groups is 1. The number of nitrogens with one attached hydrogen (secondary N) is 1. The number of halogens is 3. The lowest BCUT2D eigenvalue weighted by Crippen LogP contribution is -2.33. The number of phenols is 1. The molecule has 2 N–H and O–H groups in total. The summed E-state index contributed by atoms with van der Waals surface area (Å²) in [5.41, 5.74) is 3.23. The maximum atomic E-state index is 10.5. The maximum Gasteiger partial charge on any atom is 0.231 e. The normalized spacial score (nSPS) is 19.9. The van der Waals surface area contributed by atoms with Crippen molar-refractivity contribution in [3.63, 3.8) is 0 Å². The van der Waals surface area contributed by atoms with E-state index in [-0.39, 0.29) is 18.6 Å². The summed E-state index contributed by atoms with van der Waals surface area (Å²) in [6, 6.07) is 15.8. The van der Waals surface area contributed by atoms with Crippen LogP contribution in [0.25, 0.3) is 0 Å². The molecule has 0 aliphatic carbocycles. The van der Waals surface area contributed by atoms with E-state index in [2.05, 4.69) is 5.32 Å². The van der Waals surface area contributed by atoms with Gasteiger partial charge in [-0.05, 0) is 54.1 Å². The van der Waals surface area contributed by atoms with Crippen molar-refractivity contribution < 1.29 is 14.6 Å². The number of fused-ring (bicyclic) bond motifs is 1. The number of phenolic OH excluding ortho intramolecular Hbond substituents is 1. The molecule has 0 saturated heterocycles. The summed E-state index contributed by atoms with van der Waals surface area (Å²) in [6.07, 6.45) is 0.0947. The third kappa shape index (κ3) is 4.06. The second kappa shape index (κ2) is 8.24. The van der Waals surface area contributed by atoms with Crippen LogP contribution < -0.4 is 14.8 Å². The Balaban J connectivity index is 1.59. The van der Waals surface area contributed by atoms with Gasteiger partial charge < -0.3 is 14.6 Å². The molecule has 2 aliphatic heterocycles. The molecule has 0 saturated carbocycles. The highest BCUT2D eigenvalue weighted by Crippen LogP contribution is 2.39. The van der Waals surface area contributed by atoms with E-state index in [9.17, 15) is 5.11 Å². The van der Waals surface area contributed by atoms with Gasteiger partial charge in [-0.15, -0.1) is 0 Å². The summed E-state index contributed by atoms with van der Waals surface area (Å²) in [7, 11) is 0. The van der Waals surface area contributed by atoms with E-state index in [0.717, 1.165) is 16.8 Å². The highest BCUT2D eigenvalue weighted by Gasteiger charge is 2.29. The molecule has 5 rings (SSSR count). The zero-order valence-electron chi connectivity index (χ0n) is 16.1. The summed E-state index contributed by atoms with van der Waals surface area (Å²) in [5.74, 6) is 1.55. The minimum Gasteiger partial charge on any atom is -0.508 e. The summed E-state index contributed by atoms with van der Waals surface area (Å²) >= 11 is 18.8. The Hall–Kier alpha value is -2.44. The predicted molar refractivity (Wildman–Crippen MR) is 122 cm³/mol. The van der Waals surface area contributed by atoms with Gasteiger partial charge in [-0.1, -0.05) is 40.9 Å². The molecular formula is C23H17Cl3N2O3. The zero-order chi connectivity index (χ0) is 21.5. The van der Waals surface area contributed by atoms with Gasteiger partial charge in [0, 0.05) is 44.4 Å². The number of aliphatic imine (C=N–C) groups is 1. The highest BCUT2D eigenvalue weighted by molar-refractivity contribution is 6.35. The first-order valence-corrected chi connectivity index (χ1v) is 10.8. The van der Waals surface area contributed by atoms with Crippen LogP contribution in [-0.4, -0.2) is 17.6 Å². The summed E-state index contributed by atoms with van der Waals surface area (Å²) in [6.45, 7) is 0.203. The van der Waals surface area contributed by atoms with E-state index >= 15 is 0 Å². The summed E-state index contributed by atoms with van der Waals surface area (Å²) in [4.78, 5) is 4.93. The largest absolute Gasteiger partial charge is 0.508 e. The molecule has 0 aromatic heterocycles. The van der Waals surface area contributed by atoms with Crippen LogP contribution in [0.3, 0.4) is 0 Å². The fraction of sp³-hybridized carbons (Fsp3) is 0.174. The lowest BCUT2D eigenvalue weighted by Gasteiger charge is -2.31. The fourth-order valence-corrected chi connectivity index (χ4v) is 4.54. The van der Waals surface area contributed by atoms with Crippen LogP contribution in [0.5, 0.6) is 17.2 Å². The van der Waals surface area contributed by atoms with Crippen LogP contribution in [-0.2, 0) is 0 Å². The minimum atomic E-state index is -0.442. The van der Waals surface area contributed by atoms with Crippen LogP contribution in [0.15, 0.2) is 59.6 Å². The van der Waals surface area contributed by atoms with Crippen LogP contribution in [0.1, 0.15) is 35.3 Å². The van der Waals surface area contributed by atoms with Gasteiger partial charge in [0.25, 0.3) is 0 Å². The van der Waals surface area contributed by atoms with E-state index in [1.54, 1.807) is 30.3 Å². The van der Waals surface area contributed by atoms with Gasteiger partial charge in [0.15, 0.2) is 11.5 Å². The lowest BCUT2D eigenvalue weighted by molar-refractivity contribution is 0.174. The van der Waals surface area contributed by atoms with Gasteiger partial charge in [-0.2, -0.15) is 0 Å². The lowest BCUT2D eigenvalue weighted by atomic mass is 9.93. The van der Waals surface area contributed by atoms with E-state index in [1.165, 1.54) is 0 Å². The molecule has 3 aromatic rings. The average molecular weight is 476 g/mol. The van der Waals surface area contributed by atoms with Gasteiger partial charge >= 0.3 is 0 Å². The third-order valence-electron chi connectivity index (χ3n) is 5.37. The first kappa shape index (κ1) is 20.5. The molecular weight excluding hydrogens is 459 g/mol. The molecule has 0 spiro atoms. The minimum absolute atomic E-state index is 0.162. The van der Waals surface area contributed by atoms with E-state index < -0.39 is 6.17 Å². The first-order valence-electron chi connectivity index (χ1n) is 9.64. The van der Waals surface area contributed by atoms with E-state index in [0.29, 0.717) is 38.6 Å². The van der Waals surface area contributed by atoms with Crippen molar-refractivity contribution in [2.24, 2.45) is 4.99 Å². The third-order valence-corrected chi connectivity index (χ3v) is 6.17. The fourth-order valence-electron chi connectivity index (χ4n) is 3.84. The topological polar surface area (TPSA) is 63.1 Å². The Kier molecular flexibility index (Phi) is 5.44. The number of hydrogen-bond donors (Lipinski definition) is 2. The van der Waals surface area contributed by atoms with Crippen molar-refractivity contribution in [1.29, 1.82) is 0 Å². The van der Waals surface area contributed by atoms with Crippen LogP contribution >= 0.6 is 34.8 Å². The van der Waals surface area contributed by atoms with Crippen molar-refractivity contribution in [2.45, 2.75) is 18.6 Å². The molecule has 0 radical (unpaired) electrons. The SMILES string of the molecule is Oc1ccc(Cl)cc1C1CC(c2ccc3c(c2)OCO3)=NC(c2ccc(Cl)cc2Cl)N1. The maximum absolute atomic E-state index is 10.5. The molecule has 2 unspecified atom stereocenters. The highest BCUT2D eigenvalue weighted by atomic mass is 35.5. The number of benzene rings is 3. The summed E-state index contributed by atoms with van der Waals surface area (Å²) < 4.78 is 11.0. The molecule has 3 aromatic carbocycles. The average Bonchev–Trinajstić information content (AvgIpc) is 3.23. The standard InChI is InChI=1S/C23H17Cl3N2O3/c24-13-3-5-20(29)16(8-13)19-10-18(12-1-6-21-22(7-12)31-11-30-21)27-23(28-19)15-4-2-14(25)9-17(15)26/h1-9,19,23,28-29H,10-11H2. The Morgan fingerprint density at radius 3 is 2.48 bits per heavy atom. The molecule has 0 amide bonds. The second-order valence-electron chi connectivity index (χ2n) is 7.34. The smallest absolute Gasteiger partial charge is 0.231 e. The number of ether oxygens (including phenoxy) is 2. The van der Waals surface area contributed by atoms with Crippen LogP contribution in [0.4, 0.5) is 0 Å². The summed E-state index contributed by atoms with van der Waals surface area (Å²) in [5, 5.41) is 15.6. The van der Waals surface area contributed by atoms with Crippen molar-refractivity contribution in [3.8, 4) is 17.2 Å². The van der Waals surface area contributed by atoms with Gasteiger partial charge in [0.1, 0.15) is 11.9 Å². The number of nitrogens with zero attached hydrogens (tertiary/aromatic N) is 1. The molecule has 0 bridgehead atoms. The Morgan fingerprint density at radius 2 is 1.65 bits per heavy atom. The Labute approximate surface area is 194 Å². The first-order chi connectivity index (χ1) is 15.0. The van der Waals surface area contributed by atoms with Crippen LogP contribution in [0, 0.1) is 0 Å². The van der Waals surface area contributed by atoms with Crippen molar-refractivity contribution >= 4 is 40.5 Å². The van der Waals surface area contributed by atoms with Gasteiger partial charge in [-0.25, -0.2) is 0 Å². The number of rotatable bonds is 3. The predicted octanol–water partition coefficient (Wildman–Crippen LogP) is 6.30. The monoisotopic (exact) mass is 474 g/mol. The molecule has 5 nitrogen and oxygen atoms in total. The quantitative estimate of drug-likeness (QED) is 0.466. The molecule has 0 fully saturated rings. The molecule has 2 atom stereocenters. The van der Waals surface area contributed by atoms with Gasteiger partial charge in [0.2, 0.25) is 6.79 Å². The van der Waals surface area contributed by atoms with E-state index in [4.69, 9.17) is 49.3 Å². The Bertz CT molecular complexity index is 1200. The van der Waals surface area contributed by atoms with Gasteiger partial charge in [0.05, 0.1) is 0 Å². The van der Waals surface area contributed by atoms with Crippen molar-refractivity contribution in [1.82, 2.24) is 5.32 Å². The van der Waals surface area contributed by atoms with E-state index in [1.807, 2.05) is 24.3 Å². The van der Waals surface area contributed by atoms with Crippen molar-refractivity contribution in [3.05, 3.63) is 86.4 Å². The molecule has 158 valence electrons. The number of hydrogen-bond acceptors (Lipinski definition) is 5. The molecule has 2 aliphatic rings.